The van der Waals surface area contributed by atoms with Crippen molar-refractivity contribution in [3.8, 4) is 0 Å². The zero-order chi connectivity index (χ0) is 8.10. The van der Waals surface area contributed by atoms with E-state index >= 15 is 0 Å². The topological polar surface area (TPSA) is 26.0 Å². The van der Waals surface area contributed by atoms with E-state index in [-0.39, 0.29) is 0 Å². The predicted molar refractivity (Wildman–Crippen MR) is 50.8 cm³/mol. The van der Waals surface area contributed by atoms with E-state index in [2.05, 4.69) is 18.4 Å². The molecule has 1 aromatic heterocycles. The summed E-state index contributed by atoms with van der Waals surface area (Å²) < 4.78 is 0. The second-order valence-electron chi connectivity index (χ2n) is 2.73. The largest absolute Gasteiger partial charge is 0.326 e. The SMILES string of the molecule is CCCCc1cc(CN)cs1. The van der Waals surface area contributed by atoms with Crippen LogP contribution in [0, 0.1) is 0 Å². The molecule has 0 aliphatic rings. The van der Waals surface area contributed by atoms with E-state index in [9.17, 15) is 0 Å². The third-order valence-electron chi connectivity index (χ3n) is 1.72. The fourth-order valence-corrected chi connectivity index (χ4v) is 1.96. The first-order valence-electron chi connectivity index (χ1n) is 4.13. The summed E-state index contributed by atoms with van der Waals surface area (Å²) in [6, 6.07) is 2.22. The van der Waals surface area contributed by atoms with Gasteiger partial charge >= 0.3 is 0 Å². The highest BCUT2D eigenvalue weighted by Gasteiger charge is 1.96. The summed E-state index contributed by atoms with van der Waals surface area (Å²) in [5.41, 5.74) is 6.78. The van der Waals surface area contributed by atoms with Crippen molar-refractivity contribution >= 4 is 11.3 Å². The normalized spacial score (nSPS) is 10.4. The Morgan fingerprint density at radius 1 is 1.55 bits per heavy atom. The lowest BCUT2D eigenvalue weighted by atomic mass is 10.2. The lowest BCUT2D eigenvalue weighted by molar-refractivity contribution is 0.803. The Balaban J connectivity index is 2.44. The Bertz CT molecular complexity index is 205. The fraction of sp³-hybridized carbons (Fsp3) is 0.556. The number of hydrogen-bond donors (Lipinski definition) is 1. The van der Waals surface area contributed by atoms with Crippen LogP contribution in [-0.2, 0) is 13.0 Å². The van der Waals surface area contributed by atoms with Crippen LogP contribution in [0.3, 0.4) is 0 Å². The van der Waals surface area contributed by atoms with Gasteiger partial charge in [0.15, 0.2) is 0 Å². The Labute approximate surface area is 72.2 Å². The average molecular weight is 169 g/mol. The molecule has 0 aromatic carbocycles. The number of unbranched alkanes of at least 4 members (excludes halogenated alkanes) is 1. The van der Waals surface area contributed by atoms with Gasteiger partial charge in [0.05, 0.1) is 0 Å². The molecule has 1 aromatic rings. The summed E-state index contributed by atoms with van der Waals surface area (Å²) >= 11 is 1.83. The summed E-state index contributed by atoms with van der Waals surface area (Å²) in [6.07, 6.45) is 3.79. The predicted octanol–water partition coefficient (Wildman–Crippen LogP) is 2.55. The molecule has 0 unspecified atom stereocenters. The minimum absolute atomic E-state index is 0.683. The highest BCUT2D eigenvalue weighted by Crippen LogP contribution is 2.16. The molecule has 62 valence electrons. The van der Waals surface area contributed by atoms with Crippen molar-refractivity contribution in [2.75, 3.05) is 0 Å². The van der Waals surface area contributed by atoms with Crippen molar-refractivity contribution in [3.05, 3.63) is 21.9 Å². The van der Waals surface area contributed by atoms with Crippen molar-refractivity contribution in [1.82, 2.24) is 0 Å². The van der Waals surface area contributed by atoms with Crippen LogP contribution in [0.1, 0.15) is 30.2 Å². The van der Waals surface area contributed by atoms with E-state index in [1.54, 1.807) is 0 Å². The number of thiophene rings is 1. The van der Waals surface area contributed by atoms with Crippen LogP contribution in [0.2, 0.25) is 0 Å². The first-order chi connectivity index (χ1) is 5.36. The van der Waals surface area contributed by atoms with Gasteiger partial charge in [0.1, 0.15) is 0 Å². The van der Waals surface area contributed by atoms with E-state index in [4.69, 9.17) is 5.73 Å². The van der Waals surface area contributed by atoms with Crippen molar-refractivity contribution in [1.29, 1.82) is 0 Å². The molecule has 0 amide bonds. The zero-order valence-corrected chi connectivity index (χ0v) is 7.79. The van der Waals surface area contributed by atoms with Gasteiger partial charge in [-0.05, 0) is 29.9 Å². The Hall–Kier alpha value is -0.340. The van der Waals surface area contributed by atoms with Crippen LogP contribution < -0.4 is 5.73 Å². The number of hydrogen-bond acceptors (Lipinski definition) is 2. The molecule has 0 bridgehead atoms. The number of rotatable bonds is 4. The maximum absolute atomic E-state index is 5.50. The summed E-state index contributed by atoms with van der Waals surface area (Å²) in [4.78, 5) is 1.48. The van der Waals surface area contributed by atoms with E-state index in [1.807, 2.05) is 11.3 Å². The van der Waals surface area contributed by atoms with Gasteiger partial charge in [-0.15, -0.1) is 11.3 Å². The fourth-order valence-electron chi connectivity index (χ4n) is 1.02. The number of nitrogens with two attached hydrogens (primary N) is 1. The van der Waals surface area contributed by atoms with Gasteiger partial charge in [-0.3, -0.25) is 0 Å². The van der Waals surface area contributed by atoms with Gasteiger partial charge in [-0.1, -0.05) is 13.3 Å². The lowest BCUT2D eigenvalue weighted by Crippen LogP contribution is -1.92. The smallest absolute Gasteiger partial charge is 0.0186 e. The van der Waals surface area contributed by atoms with Crippen LogP contribution in [0.15, 0.2) is 11.4 Å². The minimum Gasteiger partial charge on any atom is -0.326 e. The van der Waals surface area contributed by atoms with Crippen LogP contribution >= 0.6 is 11.3 Å². The molecule has 0 aliphatic heterocycles. The van der Waals surface area contributed by atoms with E-state index in [0.29, 0.717) is 6.54 Å². The van der Waals surface area contributed by atoms with Gasteiger partial charge < -0.3 is 5.73 Å². The molecule has 0 atom stereocenters. The van der Waals surface area contributed by atoms with E-state index in [1.165, 1.54) is 29.7 Å². The van der Waals surface area contributed by atoms with Crippen LogP contribution in [0.4, 0.5) is 0 Å². The summed E-state index contributed by atoms with van der Waals surface area (Å²) in [6.45, 7) is 2.90. The van der Waals surface area contributed by atoms with Gasteiger partial charge in [0.2, 0.25) is 0 Å². The Morgan fingerprint density at radius 3 is 2.91 bits per heavy atom. The monoisotopic (exact) mass is 169 g/mol. The molecule has 0 fully saturated rings. The molecular weight excluding hydrogens is 154 g/mol. The molecular formula is C9H15NS. The van der Waals surface area contributed by atoms with Gasteiger partial charge in [0.25, 0.3) is 0 Å². The zero-order valence-electron chi connectivity index (χ0n) is 6.97. The average Bonchev–Trinajstić information content (AvgIpc) is 2.48. The molecule has 0 spiro atoms. The minimum atomic E-state index is 0.683. The third-order valence-corrected chi connectivity index (χ3v) is 2.77. The second-order valence-corrected chi connectivity index (χ2v) is 3.72. The molecule has 11 heavy (non-hydrogen) atoms. The maximum Gasteiger partial charge on any atom is 0.0186 e. The summed E-state index contributed by atoms with van der Waals surface area (Å²) in [5, 5.41) is 2.16. The molecule has 0 aliphatic carbocycles. The highest BCUT2D eigenvalue weighted by molar-refractivity contribution is 7.10. The van der Waals surface area contributed by atoms with Crippen molar-refractivity contribution in [2.45, 2.75) is 32.7 Å². The summed E-state index contributed by atoms with van der Waals surface area (Å²) in [7, 11) is 0. The van der Waals surface area contributed by atoms with E-state index < -0.39 is 0 Å². The molecule has 0 saturated heterocycles. The molecule has 1 rings (SSSR count). The third kappa shape index (κ3) is 2.64. The Kier molecular flexibility index (Phi) is 3.60. The maximum atomic E-state index is 5.50. The van der Waals surface area contributed by atoms with Crippen molar-refractivity contribution in [3.63, 3.8) is 0 Å². The molecule has 2 heteroatoms. The molecule has 1 nitrogen and oxygen atoms in total. The first kappa shape index (κ1) is 8.75. The molecule has 0 saturated carbocycles. The van der Waals surface area contributed by atoms with Crippen molar-refractivity contribution < 1.29 is 0 Å². The first-order valence-corrected chi connectivity index (χ1v) is 5.01. The quantitative estimate of drug-likeness (QED) is 0.736. The van der Waals surface area contributed by atoms with Crippen molar-refractivity contribution in [2.24, 2.45) is 5.73 Å². The van der Waals surface area contributed by atoms with E-state index in [0.717, 1.165) is 0 Å². The Morgan fingerprint density at radius 2 is 2.36 bits per heavy atom. The standard InChI is InChI=1S/C9H15NS/c1-2-3-4-9-5-8(6-10)7-11-9/h5,7H,2-4,6,10H2,1H3. The van der Waals surface area contributed by atoms with Crippen LogP contribution in [-0.4, -0.2) is 0 Å². The molecule has 1 heterocycles. The highest BCUT2D eigenvalue weighted by atomic mass is 32.1. The van der Waals surface area contributed by atoms with Crippen LogP contribution in [0.25, 0.3) is 0 Å². The second kappa shape index (κ2) is 4.52. The number of aryl methyl sites for hydroxylation is 1. The summed E-state index contributed by atoms with van der Waals surface area (Å²) in [5.74, 6) is 0. The lowest BCUT2D eigenvalue weighted by Gasteiger charge is -1.91. The van der Waals surface area contributed by atoms with Gasteiger partial charge in [-0.25, -0.2) is 0 Å². The van der Waals surface area contributed by atoms with Gasteiger partial charge in [-0.2, -0.15) is 0 Å². The molecule has 0 radical (unpaired) electrons. The van der Waals surface area contributed by atoms with Crippen LogP contribution in [0.5, 0.6) is 0 Å². The van der Waals surface area contributed by atoms with Gasteiger partial charge in [0, 0.05) is 11.4 Å². The molecule has 2 N–H and O–H groups in total.